The van der Waals surface area contributed by atoms with Crippen molar-refractivity contribution in [3.8, 4) is 0 Å². The largest absolute Gasteiger partial charge is 0.399 e. The molecule has 0 amide bonds. The van der Waals surface area contributed by atoms with E-state index in [4.69, 9.17) is 5.73 Å². The van der Waals surface area contributed by atoms with Crippen molar-refractivity contribution in [3.05, 3.63) is 29.3 Å². The van der Waals surface area contributed by atoms with Gasteiger partial charge >= 0.3 is 0 Å². The lowest BCUT2D eigenvalue weighted by Crippen LogP contribution is -2.33. The fourth-order valence-corrected chi connectivity index (χ4v) is 2.20. The molecule has 2 N–H and O–H groups in total. The standard InChI is InChI=1S/C12H18N2/c1-14(2)12-6-4-9-7-11(13)5-3-10(9)8-12/h3,5,7,12H,4,6,8,13H2,1-2H3. The fraction of sp³-hybridized carbons (Fsp3) is 0.500. The van der Waals surface area contributed by atoms with Crippen LogP contribution < -0.4 is 5.73 Å². The highest BCUT2D eigenvalue weighted by Crippen LogP contribution is 2.25. The summed E-state index contributed by atoms with van der Waals surface area (Å²) < 4.78 is 0. The van der Waals surface area contributed by atoms with Crippen LogP contribution in [0.1, 0.15) is 17.5 Å². The predicted molar refractivity (Wildman–Crippen MR) is 60.4 cm³/mol. The van der Waals surface area contributed by atoms with Crippen molar-refractivity contribution < 1.29 is 0 Å². The maximum atomic E-state index is 5.77. The second kappa shape index (κ2) is 3.62. The van der Waals surface area contributed by atoms with Gasteiger partial charge in [-0.15, -0.1) is 0 Å². The van der Waals surface area contributed by atoms with Gasteiger partial charge in [0.2, 0.25) is 0 Å². The second-order valence-corrected chi connectivity index (χ2v) is 4.39. The first-order valence-corrected chi connectivity index (χ1v) is 5.20. The van der Waals surface area contributed by atoms with Gasteiger partial charge in [0.25, 0.3) is 0 Å². The van der Waals surface area contributed by atoms with Crippen LogP contribution in [0.2, 0.25) is 0 Å². The van der Waals surface area contributed by atoms with E-state index in [-0.39, 0.29) is 0 Å². The Labute approximate surface area is 85.7 Å². The molecule has 1 unspecified atom stereocenters. The third kappa shape index (κ3) is 1.75. The number of likely N-dealkylation sites (N-methyl/N-ethyl adjacent to an activating group) is 1. The van der Waals surface area contributed by atoms with E-state index < -0.39 is 0 Å². The van der Waals surface area contributed by atoms with Gasteiger partial charge in [-0.05, 0) is 56.6 Å². The molecule has 1 atom stereocenters. The summed E-state index contributed by atoms with van der Waals surface area (Å²) in [5.74, 6) is 0. The highest BCUT2D eigenvalue weighted by atomic mass is 15.1. The lowest BCUT2D eigenvalue weighted by Gasteiger charge is -2.29. The molecule has 76 valence electrons. The zero-order valence-electron chi connectivity index (χ0n) is 8.96. The van der Waals surface area contributed by atoms with E-state index in [9.17, 15) is 0 Å². The van der Waals surface area contributed by atoms with E-state index in [2.05, 4.69) is 31.1 Å². The normalized spacial score (nSPS) is 20.9. The highest BCUT2D eigenvalue weighted by Gasteiger charge is 2.19. The fourth-order valence-electron chi connectivity index (χ4n) is 2.20. The van der Waals surface area contributed by atoms with E-state index in [1.54, 1.807) is 0 Å². The first-order chi connectivity index (χ1) is 6.66. The maximum Gasteiger partial charge on any atom is 0.0316 e. The first kappa shape index (κ1) is 9.53. The third-order valence-electron chi connectivity index (χ3n) is 3.16. The summed E-state index contributed by atoms with van der Waals surface area (Å²) in [4.78, 5) is 2.32. The van der Waals surface area contributed by atoms with Gasteiger partial charge in [-0.3, -0.25) is 0 Å². The molecule has 0 saturated carbocycles. The average Bonchev–Trinajstić information content (AvgIpc) is 2.16. The first-order valence-electron chi connectivity index (χ1n) is 5.20. The van der Waals surface area contributed by atoms with Crippen LogP contribution in [0.3, 0.4) is 0 Å². The Balaban J connectivity index is 2.23. The van der Waals surface area contributed by atoms with Gasteiger partial charge in [0.15, 0.2) is 0 Å². The average molecular weight is 190 g/mol. The molecule has 0 aliphatic heterocycles. The minimum Gasteiger partial charge on any atom is -0.399 e. The number of nitrogens with two attached hydrogens (primary N) is 1. The summed E-state index contributed by atoms with van der Waals surface area (Å²) >= 11 is 0. The topological polar surface area (TPSA) is 29.3 Å². The van der Waals surface area contributed by atoms with E-state index in [0.29, 0.717) is 6.04 Å². The summed E-state index contributed by atoms with van der Waals surface area (Å²) in [5.41, 5.74) is 9.58. The number of benzene rings is 1. The minimum atomic E-state index is 0.700. The molecular weight excluding hydrogens is 172 g/mol. The molecule has 0 saturated heterocycles. The molecule has 0 bridgehead atoms. The van der Waals surface area contributed by atoms with Crippen molar-refractivity contribution in [3.63, 3.8) is 0 Å². The molecule has 0 spiro atoms. The maximum absolute atomic E-state index is 5.77. The molecular formula is C12H18N2. The summed E-state index contributed by atoms with van der Waals surface area (Å²) in [5, 5.41) is 0. The van der Waals surface area contributed by atoms with Gasteiger partial charge in [0, 0.05) is 11.7 Å². The second-order valence-electron chi connectivity index (χ2n) is 4.39. The molecule has 1 aromatic carbocycles. The van der Waals surface area contributed by atoms with Crippen molar-refractivity contribution in [2.45, 2.75) is 25.3 Å². The number of nitrogen functional groups attached to an aromatic ring is 1. The molecule has 0 fully saturated rings. The van der Waals surface area contributed by atoms with Gasteiger partial charge in [-0.25, -0.2) is 0 Å². The van der Waals surface area contributed by atoms with Crippen LogP contribution in [0.5, 0.6) is 0 Å². The molecule has 0 aromatic heterocycles. The Kier molecular flexibility index (Phi) is 2.46. The highest BCUT2D eigenvalue weighted by molar-refractivity contribution is 5.45. The van der Waals surface area contributed by atoms with E-state index in [1.165, 1.54) is 30.4 Å². The van der Waals surface area contributed by atoms with Gasteiger partial charge in [0.05, 0.1) is 0 Å². The third-order valence-corrected chi connectivity index (χ3v) is 3.16. The molecule has 2 heteroatoms. The Morgan fingerprint density at radius 3 is 2.79 bits per heavy atom. The SMILES string of the molecule is CN(C)C1CCc2cc(N)ccc2C1. The van der Waals surface area contributed by atoms with Crippen molar-refractivity contribution in [2.75, 3.05) is 19.8 Å². The van der Waals surface area contributed by atoms with E-state index in [1.807, 2.05) is 6.07 Å². The minimum absolute atomic E-state index is 0.700. The Morgan fingerprint density at radius 1 is 1.29 bits per heavy atom. The van der Waals surface area contributed by atoms with Gasteiger partial charge in [-0.1, -0.05) is 6.07 Å². The predicted octanol–water partition coefficient (Wildman–Crippen LogP) is 1.69. The molecule has 2 nitrogen and oxygen atoms in total. The number of nitrogens with zero attached hydrogens (tertiary/aromatic N) is 1. The van der Waals surface area contributed by atoms with Crippen LogP contribution in [-0.2, 0) is 12.8 Å². The lowest BCUT2D eigenvalue weighted by atomic mass is 9.87. The summed E-state index contributed by atoms with van der Waals surface area (Å²) in [6.45, 7) is 0. The molecule has 1 aliphatic rings. The van der Waals surface area contributed by atoms with Crippen molar-refractivity contribution in [1.29, 1.82) is 0 Å². The van der Waals surface area contributed by atoms with Crippen LogP contribution in [0.25, 0.3) is 0 Å². The number of anilines is 1. The van der Waals surface area contributed by atoms with Crippen molar-refractivity contribution in [2.24, 2.45) is 0 Å². The van der Waals surface area contributed by atoms with Crippen LogP contribution in [-0.4, -0.2) is 25.0 Å². The molecule has 1 aromatic rings. The molecule has 2 rings (SSSR count). The Bertz CT molecular complexity index is 331. The van der Waals surface area contributed by atoms with Crippen LogP contribution in [0.15, 0.2) is 18.2 Å². The van der Waals surface area contributed by atoms with Crippen LogP contribution >= 0.6 is 0 Å². The number of rotatable bonds is 1. The van der Waals surface area contributed by atoms with Crippen LogP contribution in [0, 0.1) is 0 Å². The zero-order chi connectivity index (χ0) is 10.1. The molecule has 1 aliphatic carbocycles. The smallest absolute Gasteiger partial charge is 0.0316 e. The molecule has 14 heavy (non-hydrogen) atoms. The van der Waals surface area contributed by atoms with Gasteiger partial charge < -0.3 is 10.6 Å². The molecule has 0 radical (unpaired) electrons. The quantitative estimate of drug-likeness (QED) is 0.683. The molecule has 0 heterocycles. The Morgan fingerprint density at radius 2 is 2.07 bits per heavy atom. The van der Waals surface area contributed by atoms with Crippen LogP contribution in [0.4, 0.5) is 5.69 Å². The number of fused-ring (bicyclic) bond motifs is 1. The summed E-state index contributed by atoms with van der Waals surface area (Å²) in [6.07, 6.45) is 3.59. The van der Waals surface area contributed by atoms with E-state index in [0.717, 1.165) is 5.69 Å². The summed E-state index contributed by atoms with van der Waals surface area (Å²) in [7, 11) is 4.32. The zero-order valence-corrected chi connectivity index (χ0v) is 8.96. The number of aryl methyl sites for hydroxylation is 1. The number of hydrogen-bond acceptors (Lipinski definition) is 2. The van der Waals surface area contributed by atoms with Gasteiger partial charge in [-0.2, -0.15) is 0 Å². The van der Waals surface area contributed by atoms with Crippen molar-refractivity contribution >= 4 is 5.69 Å². The Hall–Kier alpha value is -1.02. The van der Waals surface area contributed by atoms with Gasteiger partial charge in [0.1, 0.15) is 0 Å². The van der Waals surface area contributed by atoms with Crippen molar-refractivity contribution in [1.82, 2.24) is 4.90 Å². The summed E-state index contributed by atoms with van der Waals surface area (Å²) in [6, 6.07) is 7.02. The number of hydrogen-bond donors (Lipinski definition) is 1. The lowest BCUT2D eigenvalue weighted by molar-refractivity contribution is 0.268. The monoisotopic (exact) mass is 190 g/mol. The van der Waals surface area contributed by atoms with E-state index >= 15 is 0 Å².